The average Bonchev–Trinajstić information content (AvgIpc) is 2.45. The number of esters is 2. The first kappa shape index (κ1) is 19.3. The van der Waals surface area contributed by atoms with E-state index in [1.54, 1.807) is 24.3 Å². The SMILES string of the molecule is CC(=O)OCC(CC(=N)Cc1ccccc1OC(C)=O)C[N+](=O)[O-]. The molecule has 0 aliphatic carbocycles. The molecule has 0 saturated carbocycles. The van der Waals surface area contributed by atoms with Gasteiger partial charge in [0, 0.05) is 36.5 Å². The van der Waals surface area contributed by atoms with Crippen LogP contribution in [0.4, 0.5) is 0 Å². The number of hydrogen-bond donors (Lipinski definition) is 1. The molecule has 8 nitrogen and oxygen atoms in total. The van der Waals surface area contributed by atoms with Crippen molar-refractivity contribution in [2.45, 2.75) is 26.7 Å². The Morgan fingerprint density at radius 1 is 1.25 bits per heavy atom. The highest BCUT2D eigenvalue weighted by Crippen LogP contribution is 2.20. The van der Waals surface area contributed by atoms with E-state index in [0.717, 1.165) is 0 Å². The zero-order valence-corrected chi connectivity index (χ0v) is 13.6. The molecule has 130 valence electrons. The summed E-state index contributed by atoms with van der Waals surface area (Å²) in [6.45, 7) is 2.02. The smallest absolute Gasteiger partial charge is 0.308 e. The monoisotopic (exact) mass is 336 g/mol. The lowest BCUT2D eigenvalue weighted by Gasteiger charge is -2.14. The van der Waals surface area contributed by atoms with Crippen LogP contribution >= 0.6 is 0 Å². The molecule has 1 rings (SSSR count). The molecular weight excluding hydrogens is 316 g/mol. The van der Waals surface area contributed by atoms with Gasteiger partial charge < -0.3 is 14.9 Å². The number of benzene rings is 1. The van der Waals surface area contributed by atoms with E-state index in [4.69, 9.17) is 14.9 Å². The first-order valence-corrected chi connectivity index (χ1v) is 7.35. The third kappa shape index (κ3) is 7.48. The second kappa shape index (κ2) is 9.39. The van der Waals surface area contributed by atoms with Crippen LogP contribution in [0, 0.1) is 21.4 Å². The van der Waals surface area contributed by atoms with Crippen LogP contribution in [-0.4, -0.2) is 35.7 Å². The minimum Gasteiger partial charge on any atom is -0.465 e. The Balaban J connectivity index is 2.73. The van der Waals surface area contributed by atoms with Gasteiger partial charge in [-0.05, 0) is 12.5 Å². The topological polar surface area (TPSA) is 120 Å². The van der Waals surface area contributed by atoms with Crippen LogP contribution in [-0.2, 0) is 20.7 Å². The van der Waals surface area contributed by atoms with Gasteiger partial charge in [0.1, 0.15) is 12.4 Å². The number of carbonyl (C=O) groups is 2. The van der Waals surface area contributed by atoms with Gasteiger partial charge in [-0.25, -0.2) is 0 Å². The van der Waals surface area contributed by atoms with Gasteiger partial charge in [-0.2, -0.15) is 0 Å². The molecule has 1 unspecified atom stereocenters. The Bertz CT molecular complexity index is 629. The summed E-state index contributed by atoms with van der Waals surface area (Å²) in [6.07, 6.45) is 0.306. The lowest BCUT2D eigenvalue weighted by molar-refractivity contribution is -0.488. The van der Waals surface area contributed by atoms with Gasteiger partial charge in [-0.15, -0.1) is 0 Å². The van der Waals surface area contributed by atoms with Crippen LogP contribution < -0.4 is 4.74 Å². The van der Waals surface area contributed by atoms with Crippen LogP contribution in [0.1, 0.15) is 25.8 Å². The van der Waals surface area contributed by atoms with Crippen LogP contribution in [0.15, 0.2) is 24.3 Å². The number of nitrogens with one attached hydrogen (secondary N) is 1. The Hall–Kier alpha value is -2.77. The van der Waals surface area contributed by atoms with Gasteiger partial charge >= 0.3 is 11.9 Å². The lowest BCUT2D eigenvalue weighted by Crippen LogP contribution is -2.24. The van der Waals surface area contributed by atoms with E-state index in [9.17, 15) is 19.7 Å². The summed E-state index contributed by atoms with van der Waals surface area (Å²) in [5, 5.41) is 18.8. The molecule has 1 N–H and O–H groups in total. The fourth-order valence-corrected chi connectivity index (χ4v) is 2.18. The van der Waals surface area contributed by atoms with Gasteiger partial charge in [0.05, 0.1) is 5.92 Å². The fraction of sp³-hybridized carbons (Fsp3) is 0.438. The Labute approximate surface area is 139 Å². The van der Waals surface area contributed by atoms with Crippen molar-refractivity contribution in [1.29, 1.82) is 5.41 Å². The summed E-state index contributed by atoms with van der Waals surface area (Å²) in [6, 6.07) is 6.81. The lowest BCUT2D eigenvalue weighted by atomic mass is 9.98. The molecule has 1 aromatic carbocycles. The zero-order valence-electron chi connectivity index (χ0n) is 13.6. The molecule has 0 spiro atoms. The molecule has 0 aromatic heterocycles. The van der Waals surface area contributed by atoms with E-state index >= 15 is 0 Å². The molecule has 0 aliphatic heterocycles. The molecule has 0 bridgehead atoms. The third-order valence-electron chi connectivity index (χ3n) is 3.09. The highest BCUT2D eigenvalue weighted by Gasteiger charge is 2.20. The molecular formula is C16H20N2O6. The van der Waals surface area contributed by atoms with Crippen LogP contribution in [0.3, 0.4) is 0 Å². The maximum Gasteiger partial charge on any atom is 0.308 e. The number of ether oxygens (including phenoxy) is 2. The summed E-state index contributed by atoms with van der Waals surface area (Å²) >= 11 is 0. The van der Waals surface area contributed by atoms with E-state index in [1.807, 2.05) is 0 Å². The third-order valence-corrected chi connectivity index (χ3v) is 3.09. The van der Waals surface area contributed by atoms with Gasteiger partial charge in [-0.1, -0.05) is 18.2 Å². The van der Waals surface area contributed by atoms with Crippen molar-refractivity contribution in [2.75, 3.05) is 13.2 Å². The van der Waals surface area contributed by atoms with Crippen molar-refractivity contribution in [3.63, 3.8) is 0 Å². The number of nitrogens with zero attached hydrogens (tertiary/aromatic N) is 1. The minimum atomic E-state index is -0.572. The highest BCUT2D eigenvalue weighted by molar-refractivity contribution is 5.84. The maximum absolute atomic E-state index is 11.1. The van der Waals surface area contributed by atoms with Crippen molar-refractivity contribution >= 4 is 17.7 Å². The van der Waals surface area contributed by atoms with E-state index in [-0.39, 0.29) is 31.7 Å². The zero-order chi connectivity index (χ0) is 18.1. The predicted octanol–water partition coefficient (Wildman–Crippen LogP) is 2.02. The molecule has 1 aromatic rings. The fourth-order valence-electron chi connectivity index (χ4n) is 2.18. The molecule has 0 fully saturated rings. The van der Waals surface area contributed by atoms with E-state index in [0.29, 0.717) is 11.3 Å². The van der Waals surface area contributed by atoms with E-state index in [2.05, 4.69) is 0 Å². The number of rotatable bonds is 9. The number of hydrogen-bond acceptors (Lipinski definition) is 7. The molecule has 1 atom stereocenters. The Kier molecular flexibility index (Phi) is 7.54. The first-order valence-electron chi connectivity index (χ1n) is 7.35. The number of nitro groups is 1. The van der Waals surface area contributed by atoms with Gasteiger partial charge in [0.25, 0.3) is 0 Å². The normalized spacial score (nSPS) is 11.4. The molecule has 0 aliphatic rings. The van der Waals surface area contributed by atoms with Gasteiger partial charge in [0.15, 0.2) is 0 Å². The van der Waals surface area contributed by atoms with Crippen molar-refractivity contribution in [1.82, 2.24) is 0 Å². The summed E-state index contributed by atoms with van der Waals surface area (Å²) in [5.41, 5.74) is 0.874. The quantitative estimate of drug-likeness (QED) is 0.242. The second-order valence-corrected chi connectivity index (χ2v) is 5.37. The number of carbonyl (C=O) groups excluding carboxylic acids is 2. The van der Waals surface area contributed by atoms with Crippen molar-refractivity contribution in [3.05, 3.63) is 39.9 Å². The van der Waals surface area contributed by atoms with E-state index in [1.165, 1.54) is 13.8 Å². The van der Waals surface area contributed by atoms with E-state index < -0.39 is 22.8 Å². The van der Waals surface area contributed by atoms with Crippen molar-refractivity contribution in [3.8, 4) is 5.75 Å². The average molecular weight is 336 g/mol. The van der Waals surface area contributed by atoms with Gasteiger partial charge in [-0.3, -0.25) is 19.7 Å². The summed E-state index contributed by atoms with van der Waals surface area (Å²) in [7, 11) is 0. The second-order valence-electron chi connectivity index (χ2n) is 5.37. The molecule has 0 heterocycles. The minimum absolute atomic E-state index is 0.107. The molecule has 0 radical (unpaired) electrons. The first-order chi connectivity index (χ1) is 11.3. The standard InChI is InChI=1S/C16H20N2O6/c1-11(19)23-10-13(9-18(21)22)7-15(17)8-14-5-3-4-6-16(14)24-12(2)20/h3-6,13,17H,7-10H2,1-2H3. The predicted molar refractivity (Wildman–Crippen MR) is 85.8 cm³/mol. The highest BCUT2D eigenvalue weighted by atomic mass is 16.6. The molecule has 8 heteroatoms. The largest absolute Gasteiger partial charge is 0.465 e. The Morgan fingerprint density at radius 2 is 1.92 bits per heavy atom. The molecule has 0 amide bonds. The maximum atomic E-state index is 11.1. The van der Waals surface area contributed by atoms with Crippen LogP contribution in [0.25, 0.3) is 0 Å². The summed E-state index contributed by atoms with van der Waals surface area (Å²) in [4.78, 5) is 32.2. The van der Waals surface area contributed by atoms with Crippen molar-refractivity contribution in [2.24, 2.45) is 5.92 Å². The summed E-state index contributed by atoms with van der Waals surface area (Å²) < 4.78 is 9.90. The Morgan fingerprint density at radius 3 is 2.50 bits per heavy atom. The molecule has 24 heavy (non-hydrogen) atoms. The molecule has 0 saturated heterocycles. The summed E-state index contributed by atoms with van der Waals surface area (Å²) in [5.74, 6) is -1.19. The van der Waals surface area contributed by atoms with Gasteiger partial charge in [0.2, 0.25) is 6.54 Å². The van der Waals surface area contributed by atoms with Crippen LogP contribution in [0.2, 0.25) is 0 Å². The number of para-hydroxylation sites is 1. The van der Waals surface area contributed by atoms with Crippen molar-refractivity contribution < 1.29 is 24.0 Å². The van der Waals surface area contributed by atoms with Crippen LogP contribution in [0.5, 0.6) is 5.75 Å².